The maximum atomic E-state index is 14.0. The van der Waals surface area contributed by atoms with Crippen molar-refractivity contribution in [2.24, 2.45) is 0 Å². The molecular formula is C26H26F2N2O2. The van der Waals surface area contributed by atoms with Crippen LogP contribution in [0.4, 0.5) is 14.5 Å². The van der Waals surface area contributed by atoms with E-state index >= 15 is 0 Å². The molecule has 0 aromatic heterocycles. The predicted molar refractivity (Wildman–Crippen MR) is 121 cm³/mol. The Hall–Kier alpha value is -3.25. The summed E-state index contributed by atoms with van der Waals surface area (Å²) in [6.45, 7) is 2.00. The van der Waals surface area contributed by atoms with Crippen molar-refractivity contribution in [3.63, 3.8) is 0 Å². The number of methoxy groups -OCH3 is 1. The Labute approximate surface area is 187 Å². The third kappa shape index (κ3) is 4.81. The van der Waals surface area contributed by atoms with Crippen LogP contribution in [0.3, 0.4) is 0 Å². The molecule has 1 amide bonds. The average Bonchev–Trinajstić information content (AvgIpc) is 2.83. The highest BCUT2D eigenvalue weighted by Crippen LogP contribution is 2.29. The molecule has 0 radical (unpaired) electrons. The summed E-state index contributed by atoms with van der Waals surface area (Å²) in [6.07, 6.45) is 1.46. The predicted octanol–water partition coefficient (Wildman–Crippen LogP) is 5.28. The first-order valence-corrected chi connectivity index (χ1v) is 10.7. The van der Waals surface area contributed by atoms with Crippen LogP contribution in [0.15, 0.2) is 72.8 Å². The van der Waals surface area contributed by atoms with Crippen LogP contribution in [0.1, 0.15) is 28.8 Å². The molecule has 1 fully saturated rings. The molecule has 0 unspecified atom stereocenters. The minimum Gasteiger partial charge on any atom is -0.496 e. The van der Waals surface area contributed by atoms with E-state index < -0.39 is 0 Å². The van der Waals surface area contributed by atoms with Crippen molar-refractivity contribution in [3.8, 4) is 5.75 Å². The molecule has 0 atom stereocenters. The van der Waals surface area contributed by atoms with Crippen molar-refractivity contribution in [2.45, 2.75) is 25.4 Å². The molecule has 1 heterocycles. The molecule has 6 heteroatoms. The number of carbonyl (C=O) groups is 1. The lowest BCUT2D eigenvalue weighted by atomic mass is 10.00. The Balaban J connectivity index is 1.55. The monoisotopic (exact) mass is 436 g/mol. The van der Waals surface area contributed by atoms with Gasteiger partial charge in [0.25, 0.3) is 5.91 Å². The standard InChI is InChI=1S/C26H26F2N2O2/c1-32-25-9-5-3-7-23(25)26(31)30(21-12-10-20(27)11-13-21)22-14-16-29(17-15-22)18-19-6-2-4-8-24(19)28/h2-13,22H,14-18H2,1H3. The molecule has 4 nitrogen and oxygen atoms in total. The second-order valence-corrected chi connectivity index (χ2v) is 7.95. The van der Waals surface area contributed by atoms with Gasteiger partial charge in [-0.3, -0.25) is 9.69 Å². The third-order valence-electron chi connectivity index (χ3n) is 5.94. The van der Waals surface area contributed by atoms with E-state index in [1.165, 1.54) is 25.3 Å². The fourth-order valence-corrected chi connectivity index (χ4v) is 4.25. The number of ether oxygens (including phenoxy) is 1. The molecule has 3 aromatic carbocycles. The molecule has 0 bridgehead atoms. The molecule has 0 saturated carbocycles. The zero-order chi connectivity index (χ0) is 22.5. The number of rotatable bonds is 6. The van der Waals surface area contributed by atoms with Crippen LogP contribution in [0, 0.1) is 11.6 Å². The molecule has 4 rings (SSSR count). The lowest BCUT2D eigenvalue weighted by Crippen LogP contribution is -2.47. The van der Waals surface area contributed by atoms with Gasteiger partial charge in [-0.15, -0.1) is 0 Å². The number of halogens is 2. The normalized spacial score (nSPS) is 14.8. The van der Waals surface area contributed by atoms with Gasteiger partial charge < -0.3 is 9.64 Å². The summed E-state index contributed by atoms with van der Waals surface area (Å²) in [4.78, 5) is 17.6. The van der Waals surface area contributed by atoms with Crippen molar-refractivity contribution < 1.29 is 18.3 Å². The maximum Gasteiger partial charge on any atom is 0.262 e. The van der Waals surface area contributed by atoms with E-state index in [9.17, 15) is 13.6 Å². The van der Waals surface area contributed by atoms with Crippen LogP contribution in [-0.2, 0) is 6.54 Å². The fraction of sp³-hybridized carbons (Fsp3) is 0.269. The van der Waals surface area contributed by atoms with Crippen LogP contribution in [0.2, 0.25) is 0 Å². The summed E-state index contributed by atoms with van der Waals surface area (Å²) in [5.74, 6) is -0.227. The highest BCUT2D eigenvalue weighted by atomic mass is 19.1. The zero-order valence-corrected chi connectivity index (χ0v) is 18.0. The van der Waals surface area contributed by atoms with Gasteiger partial charge in [0, 0.05) is 36.9 Å². The molecule has 3 aromatic rings. The van der Waals surface area contributed by atoms with Gasteiger partial charge in [0.2, 0.25) is 0 Å². The van der Waals surface area contributed by atoms with Gasteiger partial charge in [-0.25, -0.2) is 8.78 Å². The van der Waals surface area contributed by atoms with E-state index in [2.05, 4.69) is 4.90 Å². The number of amides is 1. The van der Waals surface area contributed by atoms with Gasteiger partial charge in [-0.05, 0) is 55.3 Å². The minimum absolute atomic E-state index is 0.0604. The molecule has 0 N–H and O–H groups in total. The van der Waals surface area contributed by atoms with E-state index in [-0.39, 0.29) is 23.6 Å². The van der Waals surface area contributed by atoms with Crippen LogP contribution in [0.25, 0.3) is 0 Å². The second kappa shape index (κ2) is 9.92. The Morgan fingerprint density at radius 2 is 1.62 bits per heavy atom. The molecule has 166 valence electrons. The largest absolute Gasteiger partial charge is 0.496 e. The van der Waals surface area contributed by atoms with Crippen LogP contribution in [0.5, 0.6) is 5.75 Å². The van der Waals surface area contributed by atoms with Gasteiger partial charge in [-0.2, -0.15) is 0 Å². The number of carbonyl (C=O) groups excluding carboxylic acids is 1. The molecule has 0 aliphatic carbocycles. The van der Waals surface area contributed by atoms with Crippen LogP contribution in [-0.4, -0.2) is 37.0 Å². The summed E-state index contributed by atoms with van der Waals surface area (Å²) in [5.41, 5.74) is 1.79. The molecule has 0 spiro atoms. The van der Waals surface area contributed by atoms with E-state index in [0.717, 1.165) is 25.9 Å². The van der Waals surface area contributed by atoms with Crippen molar-refractivity contribution in [3.05, 3.63) is 95.6 Å². The first-order valence-electron chi connectivity index (χ1n) is 10.7. The quantitative estimate of drug-likeness (QED) is 0.527. The molecular weight excluding hydrogens is 410 g/mol. The maximum absolute atomic E-state index is 14.0. The van der Waals surface area contributed by atoms with Gasteiger partial charge >= 0.3 is 0 Å². The van der Waals surface area contributed by atoms with Crippen molar-refractivity contribution in [1.82, 2.24) is 4.90 Å². The summed E-state index contributed by atoms with van der Waals surface area (Å²) >= 11 is 0. The van der Waals surface area contributed by atoms with Gasteiger partial charge in [-0.1, -0.05) is 30.3 Å². The fourth-order valence-electron chi connectivity index (χ4n) is 4.25. The summed E-state index contributed by atoms with van der Waals surface area (Å²) < 4.78 is 33.0. The summed E-state index contributed by atoms with van der Waals surface area (Å²) in [5, 5.41) is 0. The van der Waals surface area contributed by atoms with Crippen molar-refractivity contribution in [1.29, 1.82) is 0 Å². The highest BCUT2D eigenvalue weighted by Gasteiger charge is 2.31. The number of benzene rings is 3. The lowest BCUT2D eigenvalue weighted by Gasteiger charge is -2.39. The topological polar surface area (TPSA) is 32.8 Å². The molecule has 1 saturated heterocycles. The first-order chi connectivity index (χ1) is 15.6. The third-order valence-corrected chi connectivity index (χ3v) is 5.94. The van der Waals surface area contributed by atoms with Gasteiger partial charge in [0.1, 0.15) is 17.4 Å². The lowest BCUT2D eigenvalue weighted by molar-refractivity contribution is 0.0955. The van der Waals surface area contributed by atoms with E-state index in [1.54, 1.807) is 47.4 Å². The van der Waals surface area contributed by atoms with E-state index in [0.29, 0.717) is 29.1 Å². The van der Waals surface area contributed by atoms with Crippen molar-refractivity contribution >= 4 is 11.6 Å². The summed E-state index contributed by atoms with van der Waals surface area (Å²) in [7, 11) is 1.54. The number of piperidine rings is 1. The number of likely N-dealkylation sites (tertiary alicyclic amines) is 1. The number of para-hydroxylation sites is 1. The smallest absolute Gasteiger partial charge is 0.262 e. The SMILES string of the molecule is COc1ccccc1C(=O)N(c1ccc(F)cc1)C1CCN(Cc2ccccc2F)CC1. The Morgan fingerprint density at radius 1 is 0.969 bits per heavy atom. The Morgan fingerprint density at radius 3 is 2.31 bits per heavy atom. The minimum atomic E-state index is -0.349. The van der Waals surface area contributed by atoms with E-state index in [1.807, 2.05) is 12.1 Å². The van der Waals surface area contributed by atoms with Crippen molar-refractivity contribution in [2.75, 3.05) is 25.1 Å². The number of nitrogens with zero attached hydrogens (tertiary/aromatic N) is 2. The average molecular weight is 437 g/mol. The highest BCUT2D eigenvalue weighted by molar-refractivity contribution is 6.08. The molecule has 1 aliphatic rings. The second-order valence-electron chi connectivity index (χ2n) is 7.95. The zero-order valence-electron chi connectivity index (χ0n) is 18.0. The van der Waals surface area contributed by atoms with Gasteiger partial charge in [0.15, 0.2) is 0 Å². The molecule has 32 heavy (non-hydrogen) atoms. The first kappa shape index (κ1) is 22.0. The number of hydrogen-bond donors (Lipinski definition) is 0. The number of hydrogen-bond acceptors (Lipinski definition) is 3. The Bertz CT molecular complexity index is 1060. The van der Waals surface area contributed by atoms with Crippen LogP contribution < -0.4 is 9.64 Å². The molecule has 1 aliphatic heterocycles. The summed E-state index contributed by atoms with van der Waals surface area (Å²) in [6, 6.07) is 19.9. The van der Waals surface area contributed by atoms with Gasteiger partial charge in [0.05, 0.1) is 12.7 Å². The number of anilines is 1. The Kier molecular flexibility index (Phi) is 6.81. The van der Waals surface area contributed by atoms with E-state index in [4.69, 9.17) is 4.74 Å². The van der Waals surface area contributed by atoms with Crippen LogP contribution >= 0.6 is 0 Å².